The number of alkyl carbamates (subject to hydrolysis) is 1. The van der Waals surface area contributed by atoms with E-state index in [1.54, 1.807) is 6.07 Å². The molecule has 3 fully saturated rings. The van der Waals surface area contributed by atoms with Crippen molar-refractivity contribution in [3.05, 3.63) is 17.3 Å². The number of carbonyl (C=O) groups excluding carboxylic acids is 1. The number of hydrogen-bond donors (Lipinski definition) is 1. The second-order valence-electron chi connectivity index (χ2n) is 10.4. The van der Waals surface area contributed by atoms with Crippen LogP contribution < -0.4 is 10.2 Å². The van der Waals surface area contributed by atoms with Gasteiger partial charge < -0.3 is 19.9 Å². The molecule has 7 nitrogen and oxygen atoms in total. The van der Waals surface area contributed by atoms with Gasteiger partial charge in [-0.3, -0.25) is 0 Å². The summed E-state index contributed by atoms with van der Waals surface area (Å²) in [6.07, 6.45) is 2.40. The number of anilines is 1. The third kappa shape index (κ3) is 5.66. The van der Waals surface area contributed by atoms with Gasteiger partial charge in [0.15, 0.2) is 0 Å². The van der Waals surface area contributed by atoms with Crippen molar-refractivity contribution in [2.45, 2.75) is 57.2 Å². The summed E-state index contributed by atoms with van der Waals surface area (Å²) in [5.74, 6) is 1.42. The van der Waals surface area contributed by atoms with Crippen LogP contribution >= 0.6 is 11.3 Å². The van der Waals surface area contributed by atoms with E-state index in [0.717, 1.165) is 93.8 Å². The van der Waals surface area contributed by atoms with E-state index in [1.807, 2.05) is 0 Å². The van der Waals surface area contributed by atoms with Crippen molar-refractivity contribution in [2.75, 3.05) is 44.7 Å². The van der Waals surface area contributed by atoms with Crippen LogP contribution in [0.2, 0.25) is 0 Å². The number of methoxy groups -OCH3 is 1. The first-order valence-electron chi connectivity index (χ1n) is 12.3. The highest BCUT2D eigenvalue weighted by atomic mass is 32.1. The first-order valence-corrected chi connectivity index (χ1v) is 13.2. The third-order valence-corrected chi connectivity index (χ3v) is 8.90. The predicted octanol–water partition coefficient (Wildman–Crippen LogP) is 4.61. The highest BCUT2D eigenvalue weighted by Crippen LogP contribution is 2.43. The van der Waals surface area contributed by atoms with Gasteiger partial charge in [0.05, 0.1) is 18.9 Å². The number of rotatable bonds is 5. The Bertz CT molecular complexity index is 1060. The van der Waals surface area contributed by atoms with Crippen molar-refractivity contribution in [3.8, 4) is 0 Å². The van der Waals surface area contributed by atoms with Gasteiger partial charge in [-0.2, -0.15) is 13.2 Å². The van der Waals surface area contributed by atoms with E-state index in [9.17, 15) is 18.0 Å². The lowest BCUT2D eigenvalue weighted by Gasteiger charge is -2.32. The molecule has 2 aromatic heterocycles. The van der Waals surface area contributed by atoms with Crippen LogP contribution in [0.3, 0.4) is 0 Å². The molecule has 2 saturated heterocycles. The number of alkyl halides is 3. The van der Waals surface area contributed by atoms with Crippen LogP contribution in [0.15, 0.2) is 12.4 Å². The van der Waals surface area contributed by atoms with Crippen molar-refractivity contribution >= 4 is 33.5 Å². The fourth-order valence-electron chi connectivity index (χ4n) is 6.14. The minimum absolute atomic E-state index is 0.213. The van der Waals surface area contributed by atoms with Gasteiger partial charge in [-0.05, 0) is 57.1 Å². The highest BCUT2D eigenvalue weighted by molar-refractivity contribution is 7.18. The highest BCUT2D eigenvalue weighted by Gasteiger charge is 2.44. The first-order chi connectivity index (χ1) is 16.7. The molecule has 1 N–H and O–H groups in total. The molecular weight excluding hydrogens is 479 g/mol. The Morgan fingerprint density at radius 3 is 2.71 bits per heavy atom. The number of thiophene rings is 1. The number of halogens is 3. The molecule has 1 unspecified atom stereocenters. The molecule has 3 aliphatic rings. The zero-order chi connectivity index (χ0) is 24.6. The van der Waals surface area contributed by atoms with Gasteiger partial charge in [-0.15, -0.1) is 11.3 Å². The molecule has 1 aliphatic carbocycles. The van der Waals surface area contributed by atoms with Crippen molar-refractivity contribution < 1.29 is 22.7 Å². The Balaban J connectivity index is 1.17. The van der Waals surface area contributed by atoms with Crippen LogP contribution in [-0.2, 0) is 11.2 Å². The van der Waals surface area contributed by atoms with Gasteiger partial charge in [0.1, 0.15) is 17.0 Å². The van der Waals surface area contributed by atoms with Crippen LogP contribution in [-0.4, -0.2) is 73.0 Å². The van der Waals surface area contributed by atoms with E-state index in [4.69, 9.17) is 4.74 Å². The minimum Gasteiger partial charge on any atom is -0.453 e. The molecule has 2 aliphatic heterocycles. The molecule has 0 aromatic carbocycles. The maximum atomic E-state index is 12.9. The quantitative estimate of drug-likeness (QED) is 0.632. The molecule has 4 heterocycles. The standard InChI is InChI=1S/C24H32F3N5O2S/c1-34-22(33)30-17-4-2-16(3-5-17)12-31-8-6-23(13-31)7-9-32(14-23)20-19-10-18(11-24(25,26)27)35-21(19)29-15-28-20/h10,15-17H,2-9,11-14H2,1H3,(H,30,33). The Morgan fingerprint density at radius 1 is 1.20 bits per heavy atom. The van der Waals surface area contributed by atoms with Gasteiger partial charge >= 0.3 is 12.3 Å². The SMILES string of the molecule is COC(=O)NC1CCC(CN2CCC3(CCN(c4ncnc5sc(CC(F)(F)F)cc45)C3)C2)CC1. The largest absolute Gasteiger partial charge is 0.453 e. The number of aromatic nitrogens is 2. The number of ether oxygens (including phenoxy) is 1. The molecule has 2 aromatic rings. The third-order valence-electron chi connectivity index (χ3n) is 7.86. The molecule has 5 rings (SSSR count). The lowest BCUT2D eigenvalue weighted by Crippen LogP contribution is -2.40. The van der Waals surface area contributed by atoms with Crippen LogP contribution in [0, 0.1) is 11.3 Å². The summed E-state index contributed by atoms with van der Waals surface area (Å²) in [6.45, 7) is 4.99. The van der Waals surface area contributed by atoms with Crippen LogP contribution in [0.1, 0.15) is 43.4 Å². The molecule has 35 heavy (non-hydrogen) atoms. The maximum absolute atomic E-state index is 12.9. The van der Waals surface area contributed by atoms with E-state index in [2.05, 4.69) is 25.1 Å². The molecule has 11 heteroatoms. The van der Waals surface area contributed by atoms with E-state index in [-0.39, 0.29) is 22.4 Å². The number of nitrogens with one attached hydrogen (secondary N) is 1. The smallest absolute Gasteiger partial charge is 0.407 e. The summed E-state index contributed by atoms with van der Waals surface area (Å²) in [6, 6.07) is 1.84. The summed E-state index contributed by atoms with van der Waals surface area (Å²) >= 11 is 1.11. The van der Waals surface area contributed by atoms with Crippen molar-refractivity contribution in [1.29, 1.82) is 0 Å². The van der Waals surface area contributed by atoms with Gasteiger partial charge in [0, 0.05) is 42.5 Å². The molecular formula is C24H32F3N5O2S. The molecule has 192 valence electrons. The van der Waals surface area contributed by atoms with Crippen molar-refractivity contribution in [2.24, 2.45) is 11.3 Å². The van der Waals surface area contributed by atoms with Gasteiger partial charge in [0.25, 0.3) is 0 Å². The minimum atomic E-state index is -4.23. The van der Waals surface area contributed by atoms with Crippen LogP contribution in [0.25, 0.3) is 10.2 Å². The zero-order valence-electron chi connectivity index (χ0n) is 19.9. The molecule has 1 spiro atoms. The van der Waals surface area contributed by atoms with E-state index >= 15 is 0 Å². The molecule has 1 saturated carbocycles. The number of nitrogens with zero attached hydrogens (tertiary/aromatic N) is 4. The molecule has 0 bridgehead atoms. The normalized spacial score (nSPS) is 27.7. The fraction of sp³-hybridized carbons (Fsp3) is 0.708. The monoisotopic (exact) mass is 511 g/mol. The second-order valence-corrected chi connectivity index (χ2v) is 11.5. The van der Waals surface area contributed by atoms with Gasteiger partial charge in [-0.25, -0.2) is 14.8 Å². The number of amides is 1. The van der Waals surface area contributed by atoms with Crippen LogP contribution in [0.5, 0.6) is 0 Å². The fourth-order valence-corrected chi connectivity index (χ4v) is 7.16. The Kier molecular flexibility index (Phi) is 6.82. The molecule has 0 radical (unpaired) electrons. The van der Waals surface area contributed by atoms with E-state index in [0.29, 0.717) is 10.7 Å². The molecule has 1 amide bonds. The van der Waals surface area contributed by atoms with Crippen molar-refractivity contribution in [3.63, 3.8) is 0 Å². The summed E-state index contributed by atoms with van der Waals surface area (Å²) in [5, 5.41) is 3.66. The van der Waals surface area contributed by atoms with Gasteiger partial charge in [-0.1, -0.05) is 0 Å². The van der Waals surface area contributed by atoms with E-state index < -0.39 is 12.6 Å². The average molecular weight is 512 g/mol. The zero-order valence-corrected chi connectivity index (χ0v) is 20.8. The lowest BCUT2D eigenvalue weighted by atomic mass is 9.85. The van der Waals surface area contributed by atoms with Gasteiger partial charge in [0.2, 0.25) is 0 Å². The van der Waals surface area contributed by atoms with E-state index in [1.165, 1.54) is 13.4 Å². The average Bonchev–Trinajstić information content (AvgIpc) is 3.52. The van der Waals surface area contributed by atoms with Crippen LogP contribution in [0.4, 0.5) is 23.8 Å². The number of likely N-dealkylation sites (tertiary alicyclic amines) is 1. The number of fused-ring (bicyclic) bond motifs is 1. The summed E-state index contributed by atoms with van der Waals surface area (Å²) in [4.78, 5) is 25.9. The molecule has 1 atom stereocenters. The predicted molar refractivity (Wildman–Crippen MR) is 129 cm³/mol. The second kappa shape index (κ2) is 9.72. The Labute approximate surface area is 207 Å². The summed E-state index contributed by atoms with van der Waals surface area (Å²) < 4.78 is 43.4. The maximum Gasteiger partial charge on any atom is 0.407 e. The lowest BCUT2D eigenvalue weighted by molar-refractivity contribution is -0.126. The summed E-state index contributed by atoms with van der Waals surface area (Å²) in [5.41, 5.74) is 0.214. The van der Waals surface area contributed by atoms with Crippen molar-refractivity contribution in [1.82, 2.24) is 20.2 Å². The topological polar surface area (TPSA) is 70.6 Å². The summed E-state index contributed by atoms with van der Waals surface area (Å²) in [7, 11) is 1.40. The Morgan fingerprint density at radius 2 is 1.97 bits per heavy atom. The first kappa shape index (κ1) is 24.5. The number of hydrogen-bond acceptors (Lipinski definition) is 7. The Hall–Kier alpha value is -2.14. The number of carbonyl (C=O) groups is 1.